The van der Waals surface area contributed by atoms with E-state index in [1.807, 2.05) is 17.0 Å². The van der Waals surface area contributed by atoms with Crippen molar-refractivity contribution < 1.29 is 9.90 Å². The Kier molecular flexibility index (Phi) is 4.80. The molecule has 1 saturated heterocycles. The van der Waals surface area contributed by atoms with Crippen LogP contribution in [0.25, 0.3) is 0 Å². The minimum atomic E-state index is 0.108. The summed E-state index contributed by atoms with van der Waals surface area (Å²) in [7, 11) is 0. The van der Waals surface area contributed by atoms with Crippen LogP contribution in [-0.4, -0.2) is 41.6 Å². The Morgan fingerprint density at radius 2 is 2.26 bits per heavy atom. The lowest BCUT2D eigenvalue weighted by atomic mass is 10.1. The summed E-state index contributed by atoms with van der Waals surface area (Å²) in [4.78, 5) is 14.4. The molecule has 0 bridgehead atoms. The molecule has 1 aliphatic heterocycles. The van der Waals surface area contributed by atoms with E-state index in [1.54, 1.807) is 12.1 Å². The second kappa shape index (κ2) is 6.57. The summed E-state index contributed by atoms with van der Waals surface area (Å²) in [6, 6.07) is 7.37. The molecule has 104 valence electrons. The minimum Gasteiger partial charge on any atom is -0.508 e. The molecule has 0 radical (unpaired) electrons. The van der Waals surface area contributed by atoms with Crippen LogP contribution in [0, 0.1) is 0 Å². The van der Waals surface area contributed by atoms with E-state index in [2.05, 4.69) is 12.2 Å². The van der Waals surface area contributed by atoms with Crippen molar-refractivity contribution in [2.24, 2.45) is 0 Å². The molecule has 1 heterocycles. The SMILES string of the molecule is CCCN(C(=O)Cc1ccccc1O)C1CCNC1. The molecule has 0 saturated carbocycles. The number of hydrogen-bond donors (Lipinski definition) is 2. The number of carbonyl (C=O) groups is 1. The van der Waals surface area contributed by atoms with Gasteiger partial charge in [-0.3, -0.25) is 4.79 Å². The van der Waals surface area contributed by atoms with Crippen molar-refractivity contribution in [3.05, 3.63) is 29.8 Å². The lowest BCUT2D eigenvalue weighted by Crippen LogP contribution is -2.42. The van der Waals surface area contributed by atoms with Crippen LogP contribution in [0.4, 0.5) is 0 Å². The summed E-state index contributed by atoms with van der Waals surface area (Å²) in [5, 5.41) is 13.1. The van der Waals surface area contributed by atoms with Crippen LogP contribution in [0.1, 0.15) is 25.3 Å². The first kappa shape index (κ1) is 13.9. The summed E-state index contributed by atoms with van der Waals surface area (Å²) in [5.41, 5.74) is 0.708. The van der Waals surface area contributed by atoms with Gasteiger partial charge in [0.05, 0.1) is 6.42 Å². The third-order valence-corrected chi connectivity index (χ3v) is 3.59. The summed E-state index contributed by atoms with van der Waals surface area (Å²) in [6.45, 7) is 4.74. The molecular formula is C15H22N2O2. The van der Waals surface area contributed by atoms with Gasteiger partial charge >= 0.3 is 0 Å². The first-order valence-electron chi connectivity index (χ1n) is 6.99. The molecule has 1 amide bonds. The Morgan fingerprint density at radius 1 is 1.47 bits per heavy atom. The maximum atomic E-state index is 12.4. The zero-order valence-corrected chi connectivity index (χ0v) is 11.4. The number of amides is 1. The maximum Gasteiger partial charge on any atom is 0.227 e. The largest absolute Gasteiger partial charge is 0.508 e. The Bertz CT molecular complexity index is 428. The molecule has 0 aliphatic carbocycles. The van der Waals surface area contributed by atoms with Crippen molar-refractivity contribution in [2.45, 2.75) is 32.2 Å². The summed E-state index contributed by atoms with van der Waals surface area (Å²) in [5.74, 6) is 0.314. The van der Waals surface area contributed by atoms with Crippen molar-refractivity contribution in [1.29, 1.82) is 0 Å². The number of phenols is 1. The van der Waals surface area contributed by atoms with Gasteiger partial charge in [-0.1, -0.05) is 25.1 Å². The highest BCUT2D eigenvalue weighted by atomic mass is 16.3. The summed E-state index contributed by atoms with van der Waals surface area (Å²) >= 11 is 0. The molecule has 1 unspecified atom stereocenters. The first-order chi connectivity index (χ1) is 9.22. The topological polar surface area (TPSA) is 52.6 Å². The number of aromatic hydroxyl groups is 1. The van der Waals surface area contributed by atoms with Crippen LogP contribution in [-0.2, 0) is 11.2 Å². The molecule has 1 fully saturated rings. The van der Waals surface area contributed by atoms with Crippen LogP contribution in [0.5, 0.6) is 5.75 Å². The second-order valence-electron chi connectivity index (χ2n) is 5.04. The van der Waals surface area contributed by atoms with E-state index in [9.17, 15) is 9.90 Å². The molecule has 1 aromatic carbocycles. The van der Waals surface area contributed by atoms with Crippen molar-refractivity contribution in [3.8, 4) is 5.75 Å². The molecule has 2 N–H and O–H groups in total. The first-order valence-corrected chi connectivity index (χ1v) is 6.99. The van der Waals surface area contributed by atoms with Crippen LogP contribution in [0.15, 0.2) is 24.3 Å². The van der Waals surface area contributed by atoms with Crippen LogP contribution in [0.3, 0.4) is 0 Å². The number of rotatable bonds is 5. The molecule has 1 aromatic rings. The van der Waals surface area contributed by atoms with Gasteiger partial charge in [-0.05, 0) is 25.5 Å². The van der Waals surface area contributed by atoms with Gasteiger partial charge in [0, 0.05) is 24.7 Å². The Labute approximate surface area is 114 Å². The minimum absolute atomic E-state index is 0.108. The summed E-state index contributed by atoms with van der Waals surface area (Å²) < 4.78 is 0. The predicted octanol–water partition coefficient (Wildman–Crippen LogP) is 1.54. The highest BCUT2D eigenvalue weighted by molar-refractivity contribution is 5.79. The zero-order valence-electron chi connectivity index (χ0n) is 11.4. The highest BCUT2D eigenvalue weighted by Crippen LogP contribution is 2.18. The van der Waals surface area contributed by atoms with Gasteiger partial charge in [-0.15, -0.1) is 0 Å². The van der Waals surface area contributed by atoms with Gasteiger partial charge in [-0.25, -0.2) is 0 Å². The molecule has 4 heteroatoms. The number of para-hydroxylation sites is 1. The Morgan fingerprint density at radius 3 is 2.89 bits per heavy atom. The van der Waals surface area contributed by atoms with Gasteiger partial charge < -0.3 is 15.3 Å². The second-order valence-corrected chi connectivity index (χ2v) is 5.04. The van der Waals surface area contributed by atoms with E-state index in [1.165, 1.54) is 0 Å². The number of benzene rings is 1. The maximum absolute atomic E-state index is 12.4. The van der Waals surface area contributed by atoms with Crippen molar-refractivity contribution in [3.63, 3.8) is 0 Å². The normalized spacial score (nSPS) is 18.5. The molecule has 0 aromatic heterocycles. The van der Waals surface area contributed by atoms with Gasteiger partial charge in [0.1, 0.15) is 5.75 Å². The number of phenolic OH excluding ortho intramolecular Hbond substituents is 1. The molecule has 1 atom stereocenters. The molecular weight excluding hydrogens is 240 g/mol. The smallest absolute Gasteiger partial charge is 0.227 e. The van der Waals surface area contributed by atoms with Crippen molar-refractivity contribution >= 4 is 5.91 Å². The number of nitrogens with one attached hydrogen (secondary N) is 1. The fourth-order valence-corrected chi connectivity index (χ4v) is 2.58. The average molecular weight is 262 g/mol. The third-order valence-electron chi connectivity index (χ3n) is 3.59. The van der Waals surface area contributed by atoms with Gasteiger partial charge in [0.2, 0.25) is 5.91 Å². The standard InChI is InChI=1S/C15H22N2O2/c1-2-9-17(13-7-8-16-11-13)15(19)10-12-5-3-4-6-14(12)18/h3-6,13,16,18H,2,7-11H2,1H3. The van der Waals surface area contributed by atoms with Crippen LogP contribution in [0.2, 0.25) is 0 Å². The number of nitrogens with zero attached hydrogens (tertiary/aromatic N) is 1. The molecule has 0 spiro atoms. The lowest BCUT2D eigenvalue weighted by molar-refractivity contribution is -0.132. The van der Waals surface area contributed by atoms with E-state index < -0.39 is 0 Å². The van der Waals surface area contributed by atoms with Gasteiger partial charge in [0.25, 0.3) is 0 Å². The Hall–Kier alpha value is -1.55. The fourth-order valence-electron chi connectivity index (χ4n) is 2.58. The quantitative estimate of drug-likeness (QED) is 0.846. The lowest BCUT2D eigenvalue weighted by Gasteiger charge is -2.28. The van der Waals surface area contributed by atoms with E-state index in [-0.39, 0.29) is 18.1 Å². The summed E-state index contributed by atoms with van der Waals surface area (Å²) in [6.07, 6.45) is 2.26. The van der Waals surface area contributed by atoms with Crippen LogP contribution >= 0.6 is 0 Å². The van der Waals surface area contributed by atoms with E-state index in [0.29, 0.717) is 11.6 Å². The van der Waals surface area contributed by atoms with Gasteiger partial charge in [-0.2, -0.15) is 0 Å². The Balaban J connectivity index is 2.05. The molecule has 1 aliphatic rings. The van der Waals surface area contributed by atoms with E-state index in [4.69, 9.17) is 0 Å². The molecule has 19 heavy (non-hydrogen) atoms. The zero-order chi connectivity index (χ0) is 13.7. The van der Waals surface area contributed by atoms with Gasteiger partial charge in [0.15, 0.2) is 0 Å². The molecule has 4 nitrogen and oxygen atoms in total. The van der Waals surface area contributed by atoms with Crippen LogP contribution < -0.4 is 5.32 Å². The third kappa shape index (κ3) is 3.47. The monoisotopic (exact) mass is 262 g/mol. The predicted molar refractivity (Wildman–Crippen MR) is 75.1 cm³/mol. The number of carbonyl (C=O) groups excluding carboxylic acids is 1. The van der Waals surface area contributed by atoms with Crippen molar-refractivity contribution in [1.82, 2.24) is 10.2 Å². The molecule has 2 rings (SSSR count). The average Bonchev–Trinajstić information content (AvgIpc) is 2.92. The van der Waals surface area contributed by atoms with E-state index >= 15 is 0 Å². The van der Waals surface area contributed by atoms with Crippen molar-refractivity contribution in [2.75, 3.05) is 19.6 Å². The number of hydrogen-bond acceptors (Lipinski definition) is 3. The highest BCUT2D eigenvalue weighted by Gasteiger charge is 2.26. The van der Waals surface area contributed by atoms with E-state index in [0.717, 1.165) is 32.5 Å². The fraction of sp³-hybridized carbons (Fsp3) is 0.533.